The summed E-state index contributed by atoms with van der Waals surface area (Å²) in [6.45, 7) is 5.15. The monoisotopic (exact) mass is 175 g/mol. The van der Waals surface area contributed by atoms with Gasteiger partial charge >= 0.3 is 5.97 Å². The number of hydrogen-bond acceptors (Lipinski definition) is 4. The molecule has 0 aliphatic carbocycles. The molecule has 0 aliphatic rings. The van der Waals surface area contributed by atoms with Gasteiger partial charge < -0.3 is 15.6 Å². The van der Waals surface area contributed by atoms with Crippen LogP contribution in [-0.4, -0.2) is 29.3 Å². The van der Waals surface area contributed by atoms with E-state index in [1.807, 2.05) is 6.92 Å². The van der Waals surface area contributed by atoms with Gasteiger partial charge in [0.2, 0.25) is 0 Å². The maximum atomic E-state index is 11.0. The van der Waals surface area contributed by atoms with Crippen molar-refractivity contribution in [1.82, 2.24) is 0 Å². The average molecular weight is 175 g/mol. The first-order chi connectivity index (χ1) is 5.49. The molecule has 0 aromatic rings. The summed E-state index contributed by atoms with van der Waals surface area (Å²) in [5, 5.41) is 8.95. The van der Waals surface area contributed by atoms with Crippen molar-refractivity contribution in [2.45, 2.75) is 45.4 Å². The van der Waals surface area contributed by atoms with E-state index in [0.717, 1.165) is 6.42 Å². The van der Waals surface area contributed by atoms with Gasteiger partial charge in [-0.15, -0.1) is 0 Å². The lowest BCUT2D eigenvalue weighted by Gasteiger charge is -2.16. The minimum atomic E-state index is -0.931. The third kappa shape index (κ3) is 3.69. The van der Waals surface area contributed by atoms with Gasteiger partial charge in [-0.25, -0.2) is 0 Å². The van der Waals surface area contributed by atoms with Crippen LogP contribution < -0.4 is 5.73 Å². The van der Waals surface area contributed by atoms with Crippen LogP contribution in [0.1, 0.15) is 27.2 Å². The molecule has 3 N–H and O–H groups in total. The maximum absolute atomic E-state index is 11.0. The molecule has 3 atom stereocenters. The van der Waals surface area contributed by atoms with Crippen molar-refractivity contribution in [2.75, 3.05) is 0 Å². The maximum Gasteiger partial charge on any atom is 0.325 e. The summed E-state index contributed by atoms with van der Waals surface area (Å²) in [7, 11) is 0. The van der Waals surface area contributed by atoms with Crippen molar-refractivity contribution in [2.24, 2.45) is 5.73 Å². The highest BCUT2D eigenvalue weighted by atomic mass is 16.5. The molecule has 0 bridgehead atoms. The molecule has 0 rings (SSSR count). The van der Waals surface area contributed by atoms with E-state index in [1.165, 1.54) is 6.92 Å². The zero-order valence-corrected chi connectivity index (χ0v) is 7.78. The Morgan fingerprint density at radius 1 is 1.58 bits per heavy atom. The summed E-state index contributed by atoms with van der Waals surface area (Å²) in [5.41, 5.74) is 5.34. The Hall–Kier alpha value is -0.610. The standard InChI is InChI=1S/C8H17NO3/c1-4-5(2)12-8(11)7(9)6(3)10/h5-7,10H,4,9H2,1-3H3/t5-,6?,7?/m0/s1. The number of ether oxygens (including phenoxy) is 1. The van der Waals surface area contributed by atoms with Crippen LogP contribution in [0.15, 0.2) is 0 Å². The van der Waals surface area contributed by atoms with Crippen LogP contribution in [-0.2, 0) is 9.53 Å². The Morgan fingerprint density at radius 3 is 2.42 bits per heavy atom. The van der Waals surface area contributed by atoms with Crippen LogP contribution >= 0.6 is 0 Å². The molecule has 0 fully saturated rings. The van der Waals surface area contributed by atoms with Gasteiger partial charge in [0.15, 0.2) is 0 Å². The van der Waals surface area contributed by atoms with Gasteiger partial charge in [0, 0.05) is 0 Å². The molecule has 4 heteroatoms. The smallest absolute Gasteiger partial charge is 0.325 e. The van der Waals surface area contributed by atoms with Crippen LogP contribution in [0.25, 0.3) is 0 Å². The summed E-state index contributed by atoms with van der Waals surface area (Å²) in [4.78, 5) is 11.0. The van der Waals surface area contributed by atoms with Crippen molar-refractivity contribution in [3.63, 3.8) is 0 Å². The minimum Gasteiger partial charge on any atom is -0.461 e. The molecule has 0 saturated carbocycles. The fraction of sp³-hybridized carbons (Fsp3) is 0.875. The predicted octanol–water partition coefficient (Wildman–Crippen LogP) is 0.0362. The molecule has 0 amide bonds. The fourth-order valence-electron chi connectivity index (χ4n) is 0.557. The number of carbonyl (C=O) groups is 1. The zero-order valence-electron chi connectivity index (χ0n) is 7.78. The second kappa shape index (κ2) is 5.11. The number of aliphatic hydroxyl groups excluding tert-OH is 1. The number of rotatable bonds is 4. The summed E-state index contributed by atoms with van der Waals surface area (Å²) in [6, 6.07) is -0.931. The summed E-state index contributed by atoms with van der Waals surface area (Å²) in [6.07, 6.45) is -0.248. The first-order valence-electron chi connectivity index (χ1n) is 4.13. The minimum absolute atomic E-state index is 0.137. The van der Waals surface area contributed by atoms with Crippen LogP contribution in [0.4, 0.5) is 0 Å². The van der Waals surface area contributed by atoms with E-state index in [0.29, 0.717) is 0 Å². The molecule has 0 aromatic carbocycles. The zero-order chi connectivity index (χ0) is 9.72. The number of nitrogens with two attached hydrogens (primary N) is 1. The molecule has 0 heterocycles. The molecule has 72 valence electrons. The highest BCUT2D eigenvalue weighted by Gasteiger charge is 2.21. The van der Waals surface area contributed by atoms with Crippen LogP contribution in [0.2, 0.25) is 0 Å². The molecule has 0 aliphatic heterocycles. The summed E-state index contributed by atoms with van der Waals surface area (Å²) in [5.74, 6) is -0.542. The quantitative estimate of drug-likeness (QED) is 0.591. The molecule has 0 radical (unpaired) electrons. The van der Waals surface area contributed by atoms with E-state index in [1.54, 1.807) is 6.92 Å². The number of carbonyl (C=O) groups excluding carboxylic acids is 1. The molecular formula is C8H17NO3. The Balaban J connectivity index is 3.87. The van der Waals surface area contributed by atoms with Gasteiger partial charge in [-0.1, -0.05) is 6.92 Å². The lowest BCUT2D eigenvalue weighted by Crippen LogP contribution is -2.42. The summed E-state index contributed by atoms with van der Waals surface area (Å²) < 4.78 is 4.90. The molecule has 4 nitrogen and oxygen atoms in total. The summed E-state index contributed by atoms with van der Waals surface area (Å²) >= 11 is 0. The van der Waals surface area contributed by atoms with Gasteiger partial charge in [0.1, 0.15) is 6.04 Å². The number of hydrogen-bond donors (Lipinski definition) is 2. The molecule has 2 unspecified atom stereocenters. The lowest BCUT2D eigenvalue weighted by atomic mass is 10.2. The SMILES string of the molecule is CC[C@H](C)OC(=O)C(N)C(C)O. The molecule has 12 heavy (non-hydrogen) atoms. The Labute approximate surface area is 72.7 Å². The normalized spacial score (nSPS) is 18.1. The van der Waals surface area contributed by atoms with E-state index in [4.69, 9.17) is 15.6 Å². The Morgan fingerprint density at radius 2 is 2.08 bits per heavy atom. The van der Waals surface area contributed by atoms with E-state index in [9.17, 15) is 4.79 Å². The first kappa shape index (κ1) is 11.4. The van der Waals surface area contributed by atoms with E-state index in [-0.39, 0.29) is 6.10 Å². The second-order valence-corrected chi connectivity index (χ2v) is 2.92. The third-order valence-electron chi connectivity index (χ3n) is 1.68. The van der Waals surface area contributed by atoms with Gasteiger partial charge in [0.05, 0.1) is 12.2 Å². The molecule has 0 spiro atoms. The van der Waals surface area contributed by atoms with Crippen molar-refractivity contribution in [1.29, 1.82) is 0 Å². The van der Waals surface area contributed by atoms with Crippen LogP contribution in [0, 0.1) is 0 Å². The third-order valence-corrected chi connectivity index (χ3v) is 1.68. The molecule has 0 saturated heterocycles. The van der Waals surface area contributed by atoms with Crippen LogP contribution in [0.3, 0.4) is 0 Å². The van der Waals surface area contributed by atoms with E-state index >= 15 is 0 Å². The van der Waals surface area contributed by atoms with E-state index < -0.39 is 18.1 Å². The second-order valence-electron chi connectivity index (χ2n) is 2.92. The molecular weight excluding hydrogens is 158 g/mol. The van der Waals surface area contributed by atoms with Gasteiger partial charge in [-0.3, -0.25) is 4.79 Å². The first-order valence-corrected chi connectivity index (χ1v) is 4.13. The average Bonchev–Trinajstić information content (AvgIpc) is 2.02. The highest BCUT2D eigenvalue weighted by molar-refractivity contribution is 5.76. The van der Waals surface area contributed by atoms with Crippen molar-refractivity contribution in [3.8, 4) is 0 Å². The van der Waals surface area contributed by atoms with Crippen LogP contribution in [0.5, 0.6) is 0 Å². The van der Waals surface area contributed by atoms with Crippen molar-refractivity contribution >= 4 is 5.97 Å². The number of esters is 1. The molecule has 0 aromatic heterocycles. The van der Waals surface area contributed by atoms with E-state index in [2.05, 4.69) is 0 Å². The number of aliphatic hydroxyl groups is 1. The van der Waals surface area contributed by atoms with Crippen molar-refractivity contribution in [3.05, 3.63) is 0 Å². The Bertz CT molecular complexity index is 147. The van der Waals surface area contributed by atoms with Crippen molar-refractivity contribution < 1.29 is 14.6 Å². The fourth-order valence-corrected chi connectivity index (χ4v) is 0.557. The van der Waals surface area contributed by atoms with Gasteiger partial charge in [-0.2, -0.15) is 0 Å². The largest absolute Gasteiger partial charge is 0.461 e. The van der Waals surface area contributed by atoms with Gasteiger partial charge in [-0.05, 0) is 20.3 Å². The Kier molecular flexibility index (Phi) is 4.85. The lowest BCUT2D eigenvalue weighted by molar-refractivity contribution is -0.152. The topological polar surface area (TPSA) is 72.5 Å². The van der Waals surface area contributed by atoms with Gasteiger partial charge in [0.25, 0.3) is 0 Å². The predicted molar refractivity (Wildman–Crippen MR) is 45.5 cm³/mol. The highest BCUT2D eigenvalue weighted by Crippen LogP contribution is 2.00.